The van der Waals surface area contributed by atoms with Crippen LogP contribution in [0.4, 0.5) is 0 Å². The van der Waals surface area contributed by atoms with Gasteiger partial charge in [-0.25, -0.2) is 0 Å². The van der Waals surface area contributed by atoms with E-state index in [1.165, 1.54) is 10.5 Å². The van der Waals surface area contributed by atoms with E-state index in [1.807, 2.05) is 30.5 Å². The fraction of sp³-hybridized carbons (Fsp3) is 0.154. The van der Waals surface area contributed by atoms with E-state index >= 15 is 0 Å². The summed E-state index contributed by atoms with van der Waals surface area (Å²) >= 11 is 1.78. The Labute approximate surface area is 112 Å². The Kier molecular flexibility index (Phi) is 5.87. The molecule has 0 radical (unpaired) electrons. The molecular formula is C13H14ClNOS. The highest BCUT2D eigenvalue weighted by molar-refractivity contribution is 7.98. The molecule has 0 aliphatic carbocycles. The molecule has 1 aromatic heterocycles. The van der Waals surface area contributed by atoms with Gasteiger partial charge in [-0.05, 0) is 29.8 Å². The van der Waals surface area contributed by atoms with E-state index in [4.69, 9.17) is 4.74 Å². The largest absolute Gasteiger partial charge is 0.497 e. The van der Waals surface area contributed by atoms with Crippen molar-refractivity contribution in [3.8, 4) is 5.75 Å². The lowest BCUT2D eigenvalue weighted by Crippen LogP contribution is -1.84. The highest BCUT2D eigenvalue weighted by Crippen LogP contribution is 2.25. The molecule has 0 unspecified atom stereocenters. The van der Waals surface area contributed by atoms with E-state index in [-0.39, 0.29) is 12.4 Å². The molecule has 0 atom stereocenters. The molecule has 0 N–H and O–H groups in total. The average molecular weight is 268 g/mol. The van der Waals surface area contributed by atoms with Gasteiger partial charge in [-0.2, -0.15) is 0 Å². The fourth-order valence-electron chi connectivity index (χ4n) is 1.34. The normalized spacial score (nSPS) is 9.47. The van der Waals surface area contributed by atoms with Crippen LogP contribution >= 0.6 is 24.2 Å². The van der Waals surface area contributed by atoms with Crippen LogP contribution in [0.1, 0.15) is 5.56 Å². The van der Waals surface area contributed by atoms with Crippen LogP contribution in [0.3, 0.4) is 0 Å². The fourth-order valence-corrected chi connectivity index (χ4v) is 2.22. The lowest BCUT2D eigenvalue weighted by Gasteiger charge is -2.04. The van der Waals surface area contributed by atoms with E-state index in [9.17, 15) is 0 Å². The summed E-state index contributed by atoms with van der Waals surface area (Å²) in [5, 5.41) is 0. The molecule has 0 aliphatic heterocycles. The molecule has 2 rings (SSSR count). The quantitative estimate of drug-likeness (QED) is 0.787. The lowest BCUT2D eigenvalue weighted by atomic mass is 10.3. The number of hydrogen-bond donors (Lipinski definition) is 0. The van der Waals surface area contributed by atoms with Gasteiger partial charge in [0, 0.05) is 23.0 Å². The molecule has 1 aromatic carbocycles. The molecule has 0 fully saturated rings. The molecule has 0 bridgehead atoms. The minimum Gasteiger partial charge on any atom is -0.497 e. The number of hydrogen-bond acceptors (Lipinski definition) is 3. The van der Waals surface area contributed by atoms with Crippen LogP contribution in [0.2, 0.25) is 0 Å². The van der Waals surface area contributed by atoms with Crippen molar-refractivity contribution in [2.45, 2.75) is 10.6 Å². The van der Waals surface area contributed by atoms with Crippen molar-refractivity contribution < 1.29 is 4.74 Å². The molecule has 4 heteroatoms. The van der Waals surface area contributed by atoms with Crippen LogP contribution < -0.4 is 4.74 Å². The Morgan fingerprint density at radius 3 is 2.82 bits per heavy atom. The minimum absolute atomic E-state index is 0. The van der Waals surface area contributed by atoms with Gasteiger partial charge in [0.2, 0.25) is 0 Å². The second kappa shape index (κ2) is 7.20. The van der Waals surface area contributed by atoms with E-state index in [1.54, 1.807) is 25.1 Å². The summed E-state index contributed by atoms with van der Waals surface area (Å²) < 4.78 is 5.18. The summed E-state index contributed by atoms with van der Waals surface area (Å²) in [7, 11) is 1.69. The van der Waals surface area contributed by atoms with Gasteiger partial charge in [0.25, 0.3) is 0 Å². The van der Waals surface area contributed by atoms with Crippen LogP contribution in [0.25, 0.3) is 0 Å². The molecule has 2 aromatic rings. The van der Waals surface area contributed by atoms with Gasteiger partial charge in [-0.15, -0.1) is 24.2 Å². The highest BCUT2D eigenvalue weighted by Gasteiger charge is 1.98. The maximum absolute atomic E-state index is 5.18. The zero-order valence-electron chi connectivity index (χ0n) is 9.50. The molecule has 0 spiro atoms. The number of benzene rings is 1. The van der Waals surface area contributed by atoms with Crippen LogP contribution in [-0.4, -0.2) is 12.1 Å². The molecule has 1 heterocycles. The first-order chi connectivity index (χ1) is 7.88. The number of pyridine rings is 1. The molecular weight excluding hydrogens is 254 g/mol. The molecule has 17 heavy (non-hydrogen) atoms. The average Bonchev–Trinajstić information content (AvgIpc) is 2.38. The topological polar surface area (TPSA) is 22.1 Å². The Morgan fingerprint density at radius 2 is 2.12 bits per heavy atom. The maximum atomic E-state index is 5.18. The molecule has 0 amide bonds. The molecule has 0 saturated heterocycles. The predicted molar refractivity (Wildman–Crippen MR) is 74.0 cm³/mol. The molecule has 2 nitrogen and oxygen atoms in total. The van der Waals surface area contributed by atoms with Crippen molar-refractivity contribution in [1.29, 1.82) is 0 Å². The van der Waals surface area contributed by atoms with Gasteiger partial charge in [0.15, 0.2) is 0 Å². The second-order valence-corrected chi connectivity index (χ2v) is 4.38. The Morgan fingerprint density at radius 1 is 1.24 bits per heavy atom. The Bertz CT molecular complexity index is 450. The second-order valence-electron chi connectivity index (χ2n) is 3.33. The number of aromatic nitrogens is 1. The lowest BCUT2D eigenvalue weighted by molar-refractivity contribution is 0.413. The van der Waals surface area contributed by atoms with Crippen LogP contribution in [-0.2, 0) is 5.75 Å². The van der Waals surface area contributed by atoms with E-state index in [0.717, 1.165) is 11.5 Å². The number of rotatable bonds is 4. The maximum Gasteiger partial charge on any atom is 0.119 e. The van der Waals surface area contributed by atoms with Crippen molar-refractivity contribution in [2.75, 3.05) is 7.11 Å². The summed E-state index contributed by atoms with van der Waals surface area (Å²) in [6, 6.07) is 12.1. The highest BCUT2D eigenvalue weighted by atomic mass is 35.5. The summed E-state index contributed by atoms with van der Waals surface area (Å²) in [5.74, 6) is 1.83. The van der Waals surface area contributed by atoms with Crippen molar-refractivity contribution in [2.24, 2.45) is 0 Å². The molecule has 0 saturated carbocycles. The first-order valence-corrected chi connectivity index (χ1v) is 6.03. The van der Waals surface area contributed by atoms with E-state index in [2.05, 4.69) is 17.1 Å². The number of ether oxygens (including phenoxy) is 1. The molecule has 0 aliphatic rings. The van der Waals surface area contributed by atoms with Gasteiger partial charge >= 0.3 is 0 Å². The predicted octanol–water partition coefficient (Wildman–Crippen LogP) is 3.80. The monoisotopic (exact) mass is 267 g/mol. The third-order valence-corrected chi connectivity index (χ3v) is 3.23. The van der Waals surface area contributed by atoms with Gasteiger partial charge in [0.05, 0.1) is 7.11 Å². The SMILES string of the molecule is COc1cccc(SCc2cccnc2)c1.Cl. The van der Waals surface area contributed by atoms with Gasteiger partial charge in [-0.1, -0.05) is 12.1 Å². The van der Waals surface area contributed by atoms with Crippen LogP contribution in [0.15, 0.2) is 53.7 Å². The summed E-state index contributed by atoms with van der Waals surface area (Å²) in [5.41, 5.74) is 1.23. The third-order valence-electron chi connectivity index (χ3n) is 2.17. The van der Waals surface area contributed by atoms with Gasteiger partial charge < -0.3 is 4.74 Å². The number of halogens is 1. The standard InChI is InChI=1S/C13H13NOS.ClH/c1-15-12-5-2-6-13(8-12)16-10-11-4-3-7-14-9-11;/h2-9H,10H2,1H3;1H. The first kappa shape index (κ1) is 13.9. The van der Waals surface area contributed by atoms with Crippen LogP contribution in [0, 0.1) is 0 Å². The summed E-state index contributed by atoms with van der Waals surface area (Å²) in [6.07, 6.45) is 3.69. The number of methoxy groups -OCH3 is 1. The van der Waals surface area contributed by atoms with Gasteiger partial charge in [-0.3, -0.25) is 4.98 Å². The van der Waals surface area contributed by atoms with Crippen molar-refractivity contribution in [3.05, 3.63) is 54.4 Å². The Balaban J connectivity index is 0.00000144. The number of thioether (sulfide) groups is 1. The van der Waals surface area contributed by atoms with E-state index < -0.39 is 0 Å². The van der Waals surface area contributed by atoms with E-state index in [0.29, 0.717) is 0 Å². The van der Waals surface area contributed by atoms with Crippen molar-refractivity contribution in [1.82, 2.24) is 4.98 Å². The Hall–Kier alpha value is -1.19. The van der Waals surface area contributed by atoms with Crippen molar-refractivity contribution in [3.63, 3.8) is 0 Å². The zero-order valence-corrected chi connectivity index (χ0v) is 11.1. The van der Waals surface area contributed by atoms with Crippen LogP contribution in [0.5, 0.6) is 5.75 Å². The minimum atomic E-state index is 0. The van der Waals surface area contributed by atoms with Crippen molar-refractivity contribution >= 4 is 24.2 Å². The number of nitrogens with zero attached hydrogens (tertiary/aromatic N) is 1. The van der Waals surface area contributed by atoms with Gasteiger partial charge in [0.1, 0.15) is 5.75 Å². The first-order valence-electron chi connectivity index (χ1n) is 5.04. The zero-order chi connectivity index (χ0) is 11.2. The smallest absolute Gasteiger partial charge is 0.119 e. The molecule has 90 valence electrons. The third kappa shape index (κ3) is 4.29. The summed E-state index contributed by atoms with van der Waals surface area (Å²) in [4.78, 5) is 5.30. The summed E-state index contributed by atoms with van der Waals surface area (Å²) in [6.45, 7) is 0.